The van der Waals surface area contributed by atoms with Crippen molar-refractivity contribution in [3.05, 3.63) is 59.9 Å². The fourth-order valence-electron chi connectivity index (χ4n) is 4.08. The Morgan fingerprint density at radius 1 is 1.03 bits per heavy atom. The van der Waals surface area contributed by atoms with Crippen LogP contribution >= 0.6 is 0 Å². The predicted molar refractivity (Wildman–Crippen MR) is 113 cm³/mol. The van der Waals surface area contributed by atoms with Gasteiger partial charge in [0.1, 0.15) is 5.82 Å². The molecule has 2 aliphatic heterocycles. The quantitative estimate of drug-likeness (QED) is 0.839. The molecule has 2 aromatic rings. The summed E-state index contributed by atoms with van der Waals surface area (Å²) in [5.41, 5.74) is 3.07. The first-order valence-corrected chi connectivity index (χ1v) is 10.4. The van der Waals surface area contributed by atoms with E-state index >= 15 is 0 Å². The maximum atomic E-state index is 13.1. The number of anilines is 2. The van der Waals surface area contributed by atoms with Crippen LogP contribution in [-0.2, 0) is 16.1 Å². The van der Waals surface area contributed by atoms with Crippen molar-refractivity contribution in [1.82, 2.24) is 4.90 Å². The summed E-state index contributed by atoms with van der Waals surface area (Å²) in [6.45, 7) is 5.77. The fourth-order valence-corrected chi connectivity index (χ4v) is 4.08. The second-order valence-electron chi connectivity index (χ2n) is 7.84. The van der Waals surface area contributed by atoms with Crippen LogP contribution in [0.5, 0.6) is 0 Å². The van der Waals surface area contributed by atoms with Crippen molar-refractivity contribution in [1.29, 1.82) is 0 Å². The molecule has 0 saturated carbocycles. The largest absolute Gasteiger partial charge is 0.378 e. The molecular weight excluding hydrogens is 369 g/mol. The highest BCUT2D eigenvalue weighted by molar-refractivity contribution is 5.92. The first-order valence-electron chi connectivity index (χ1n) is 10.4. The zero-order valence-corrected chi connectivity index (χ0v) is 16.6. The summed E-state index contributed by atoms with van der Waals surface area (Å²) in [5.74, 6) is -0.166. The van der Waals surface area contributed by atoms with Gasteiger partial charge in [0.05, 0.1) is 19.1 Å². The Kier molecular flexibility index (Phi) is 6.42. The third-order valence-corrected chi connectivity index (χ3v) is 5.71. The Labute approximate surface area is 171 Å². The number of rotatable bonds is 5. The van der Waals surface area contributed by atoms with Crippen LogP contribution in [0, 0.1) is 11.7 Å². The lowest BCUT2D eigenvalue weighted by Crippen LogP contribution is -2.40. The third-order valence-electron chi connectivity index (χ3n) is 5.71. The zero-order chi connectivity index (χ0) is 20.1. The van der Waals surface area contributed by atoms with Crippen LogP contribution in [0.15, 0.2) is 48.5 Å². The Morgan fingerprint density at radius 2 is 1.76 bits per heavy atom. The van der Waals surface area contributed by atoms with Crippen LogP contribution < -0.4 is 10.2 Å². The van der Waals surface area contributed by atoms with Gasteiger partial charge in [-0.3, -0.25) is 9.69 Å². The summed E-state index contributed by atoms with van der Waals surface area (Å²) >= 11 is 0. The van der Waals surface area contributed by atoms with Crippen LogP contribution in [0.25, 0.3) is 0 Å². The van der Waals surface area contributed by atoms with Gasteiger partial charge in [0.15, 0.2) is 0 Å². The smallest absolute Gasteiger partial charge is 0.228 e. The van der Waals surface area contributed by atoms with Gasteiger partial charge in [0.2, 0.25) is 5.91 Å². The number of nitrogens with one attached hydrogen (secondary N) is 1. The number of morpholine rings is 1. The molecule has 6 heteroatoms. The molecule has 29 heavy (non-hydrogen) atoms. The van der Waals surface area contributed by atoms with E-state index in [1.807, 2.05) is 24.3 Å². The van der Waals surface area contributed by atoms with Gasteiger partial charge < -0.3 is 15.0 Å². The monoisotopic (exact) mass is 397 g/mol. The number of likely N-dealkylation sites (tertiary alicyclic amines) is 1. The molecule has 2 aromatic carbocycles. The van der Waals surface area contributed by atoms with Gasteiger partial charge in [0, 0.05) is 37.6 Å². The summed E-state index contributed by atoms with van der Waals surface area (Å²) in [7, 11) is 0. The highest BCUT2D eigenvalue weighted by Crippen LogP contribution is 2.23. The molecule has 0 spiro atoms. The molecule has 0 aliphatic carbocycles. The van der Waals surface area contributed by atoms with E-state index in [1.54, 1.807) is 0 Å². The lowest BCUT2D eigenvalue weighted by molar-refractivity contribution is -0.121. The van der Waals surface area contributed by atoms with Crippen LogP contribution in [0.2, 0.25) is 0 Å². The average Bonchev–Trinajstić information content (AvgIpc) is 2.77. The minimum atomic E-state index is -0.218. The Morgan fingerprint density at radius 3 is 2.48 bits per heavy atom. The summed E-state index contributed by atoms with van der Waals surface area (Å²) < 4.78 is 18.5. The van der Waals surface area contributed by atoms with Crippen molar-refractivity contribution < 1.29 is 13.9 Å². The molecule has 1 atom stereocenters. The molecule has 0 aromatic heterocycles. The summed E-state index contributed by atoms with van der Waals surface area (Å²) in [6, 6.07) is 14.7. The molecule has 5 nitrogen and oxygen atoms in total. The number of ether oxygens (including phenoxy) is 1. The van der Waals surface area contributed by atoms with Crippen LogP contribution in [0.4, 0.5) is 15.8 Å². The van der Waals surface area contributed by atoms with Crippen molar-refractivity contribution >= 4 is 17.3 Å². The fraction of sp³-hybridized carbons (Fsp3) is 0.435. The first kappa shape index (κ1) is 19.9. The third kappa shape index (κ3) is 5.34. The molecule has 2 heterocycles. The molecular formula is C23H28FN3O2. The Balaban J connectivity index is 1.31. The molecule has 4 rings (SSSR count). The van der Waals surface area contributed by atoms with Crippen molar-refractivity contribution in [3.63, 3.8) is 0 Å². The number of hydrogen-bond donors (Lipinski definition) is 1. The van der Waals surface area contributed by atoms with Gasteiger partial charge in [0.25, 0.3) is 0 Å². The molecule has 154 valence electrons. The zero-order valence-electron chi connectivity index (χ0n) is 16.6. The van der Waals surface area contributed by atoms with Crippen molar-refractivity contribution in [2.24, 2.45) is 5.92 Å². The summed E-state index contributed by atoms with van der Waals surface area (Å²) in [4.78, 5) is 17.4. The first-order chi connectivity index (χ1) is 14.2. The van der Waals surface area contributed by atoms with E-state index in [4.69, 9.17) is 4.74 Å². The molecule has 0 radical (unpaired) electrons. The van der Waals surface area contributed by atoms with Crippen LogP contribution in [0.1, 0.15) is 18.4 Å². The van der Waals surface area contributed by atoms with Gasteiger partial charge >= 0.3 is 0 Å². The van der Waals surface area contributed by atoms with Gasteiger partial charge in [-0.1, -0.05) is 12.1 Å². The standard InChI is InChI=1S/C23H28FN3O2/c24-20-5-3-18(4-6-20)16-26-11-1-2-19(17-26)23(28)25-21-7-9-22(10-8-21)27-12-14-29-15-13-27/h3-10,19H,1-2,11-17H2,(H,25,28)/t19-/m0/s1. The topological polar surface area (TPSA) is 44.8 Å². The van der Waals surface area contributed by atoms with Gasteiger partial charge in [-0.25, -0.2) is 4.39 Å². The van der Waals surface area contributed by atoms with Gasteiger partial charge in [-0.2, -0.15) is 0 Å². The van der Waals surface area contributed by atoms with Crippen molar-refractivity contribution in [2.45, 2.75) is 19.4 Å². The number of carbonyl (C=O) groups excluding carboxylic acids is 1. The second-order valence-corrected chi connectivity index (χ2v) is 7.84. The Hall–Kier alpha value is -2.44. The molecule has 1 N–H and O–H groups in total. The number of piperidine rings is 1. The molecule has 2 fully saturated rings. The maximum absolute atomic E-state index is 13.1. The van der Waals surface area contributed by atoms with Gasteiger partial charge in [-0.05, 0) is 61.3 Å². The molecule has 0 bridgehead atoms. The maximum Gasteiger partial charge on any atom is 0.228 e. The number of benzene rings is 2. The van der Waals surface area contributed by atoms with Crippen molar-refractivity contribution in [3.8, 4) is 0 Å². The average molecular weight is 397 g/mol. The van der Waals surface area contributed by atoms with E-state index in [1.165, 1.54) is 12.1 Å². The highest BCUT2D eigenvalue weighted by atomic mass is 19.1. The number of halogens is 1. The normalized spacial score (nSPS) is 20.4. The lowest BCUT2D eigenvalue weighted by Gasteiger charge is -2.32. The van der Waals surface area contributed by atoms with E-state index in [0.717, 1.165) is 75.7 Å². The van der Waals surface area contributed by atoms with E-state index < -0.39 is 0 Å². The van der Waals surface area contributed by atoms with Crippen LogP contribution in [-0.4, -0.2) is 50.2 Å². The predicted octanol–water partition coefficient (Wildman–Crippen LogP) is 3.51. The lowest BCUT2D eigenvalue weighted by atomic mass is 9.96. The summed E-state index contributed by atoms with van der Waals surface area (Å²) in [5, 5.41) is 3.08. The molecule has 2 aliphatic rings. The number of nitrogens with zero attached hydrogens (tertiary/aromatic N) is 2. The van der Waals surface area contributed by atoms with E-state index in [9.17, 15) is 9.18 Å². The number of carbonyl (C=O) groups is 1. The second kappa shape index (κ2) is 9.37. The van der Waals surface area contributed by atoms with E-state index in [2.05, 4.69) is 27.2 Å². The van der Waals surface area contributed by atoms with Crippen molar-refractivity contribution in [2.75, 3.05) is 49.6 Å². The minimum absolute atomic E-state index is 0.0249. The SMILES string of the molecule is O=C(Nc1ccc(N2CCOCC2)cc1)[C@H]1CCCN(Cc2ccc(F)cc2)C1. The van der Waals surface area contributed by atoms with E-state index in [-0.39, 0.29) is 17.6 Å². The molecule has 1 amide bonds. The number of hydrogen-bond acceptors (Lipinski definition) is 4. The van der Waals surface area contributed by atoms with Gasteiger partial charge in [-0.15, -0.1) is 0 Å². The highest BCUT2D eigenvalue weighted by Gasteiger charge is 2.26. The summed E-state index contributed by atoms with van der Waals surface area (Å²) in [6.07, 6.45) is 1.90. The Bertz CT molecular complexity index is 804. The minimum Gasteiger partial charge on any atom is -0.378 e. The number of amides is 1. The van der Waals surface area contributed by atoms with E-state index in [0.29, 0.717) is 0 Å². The molecule has 2 saturated heterocycles. The molecule has 0 unspecified atom stereocenters. The van der Waals surface area contributed by atoms with Crippen LogP contribution in [0.3, 0.4) is 0 Å².